The summed E-state index contributed by atoms with van der Waals surface area (Å²) < 4.78 is 4.70. The lowest BCUT2D eigenvalue weighted by atomic mass is 10.1. The number of hydrogen-bond donors (Lipinski definition) is 1. The Bertz CT molecular complexity index is 727. The summed E-state index contributed by atoms with van der Waals surface area (Å²) >= 11 is 1.70. The Hall–Kier alpha value is -1.98. The third-order valence-electron chi connectivity index (χ3n) is 3.65. The first-order valence-corrected chi connectivity index (χ1v) is 8.68. The van der Waals surface area contributed by atoms with Crippen molar-refractivity contribution in [2.24, 2.45) is 0 Å². The van der Waals surface area contributed by atoms with Crippen LogP contribution in [0.15, 0.2) is 58.0 Å². The van der Waals surface area contributed by atoms with Crippen molar-refractivity contribution >= 4 is 28.5 Å². The molecular weight excluding hydrogens is 322 g/mol. The minimum atomic E-state index is -0.178. The summed E-state index contributed by atoms with van der Waals surface area (Å²) in [4.78, 5) is 18.7. The Kier molecular flexibility index (Phi) is 7.15. The fraction of sp³-hybridized carbons (Fsp3) is 0.316. The molecule has 0 spiro atoms. The average Bonchev–Trinajstić information content (AvgIpc) is 2.60. The predicted molar refractivity (Wildman–Crippen MR) is 98.5 cm³/mol. The number of esters is 1. The molecule has 4 nitrogen and oxygen atoms in total. The van der Waals surface area contributed by atoms with E-state index in [0.717, 1.165) is 23.4 Å². The van der Waals surface area contributed by atoms with Gasteiger partial charge in [0.15, 0.2) is 0 Å². The van der Waals surface area contributed by atoms with E-state index in [1.54, 1.807) is 18.9 Å². The van der Waals surface area contributed by atoms with Gasteiger partial charge >= 0.3 is 5.97 Å². The van der Waals surface area contributed by atoms with Crippen molar-refractivity contribution in [3.63, 3.8) is 0 Å². The molecule has 0 saturated carbocycles. The Morgan fingerprint density at radius 2 is 1.83 bits per heavy atom. The van der Waals surface area contributed by atoms with Crippen LogP contribution in [0, 0.1) is 0 Å². The monoisotopic (exact) mass is 345 g/mol. The van der Waals surface area contributed by atoms with Crippen LogP contribution in [0.3, 0.4) is 0 Å². The second kappa shape index (κ2) is 9.35. The van der Waals surface area contributed by atoms with Crippen molar-refractivity contribution in [1.29, 1.82) is 0 Å². The zero-order valence-electron chi connectivity index (χ0n) is 14.3. The molecule has 2 aromatic rings. The summed E-state index contributed by atoms with van der Waals surface area (Å²) in [7, 11) is 3.01. The highest BCUT2D eigenvalue weighted by atomic mass is 32.2. The molecule has 0 aliphatic carbocycles. The van der Waals surface area contributed by atoms with Crippen LogP contribution in [0.25, 0.3) is 10.8 Å². The van der Waals surface area contributed by atoms with Gasteiger partial charge in [-0.3, -0.25) is 15.1 Å². The van der Waals surface area contributed by atoms with Crippen molar-refractivity contribution in [1.82, 2.24) is 5.48 Å². The van der Waals surface area contributed by atoms with Crippen LogP contribution < -0.4 is 5.48 Å². The SMILES string of the molecule is CONC(C)=C(CCCC(=O)OC)Sc1ccc2ccccc2c1. The Morgan fingerprint density at radius 1 is 1.08 bits per heavy atom. The number of hydroxylamine groups is 1. The highest BCUT2D eigenvalue weighted by Gasteiger charge is 2.09. The first-order chi connectivity index (χ1) is 11.6. The molecule has 0 radical (unpaired) electrons. The normalized spacial score (nSPS) is 12.0. The molecule has 0 atom stereocenters. The molecule has 0 aromatic heterocycles. The van der Waals surface area contributed by atoms with Crippen molar-refractivity contribution in [2.75, 3.05) is 14.2 Å². The van der Waals surface area contributed by atoms with Crippen LogP contribution in [0.5, 0.6) is 0 Å². The first-order valence-electron chi connectivity index (χ1n) is 7.86. The molecule has 0 aliphatic rings. The van der Waals surface area contributed by atoms with E-state index in [-0.39, 0.29) is 5.97 Å². The molecule has 128 valence electrons. The smallest absolute Gasteiger partial charge is 0.305 e. The number of hydrogen-bond acceptors (Lipinski definition) is 5. The maximum atomic E-state index is 11.3. The average molecular weight is 345 g/mol. The van der Waals surface area contributed by atoms with Crippen LogP contribution in [0.2, 0.25) is 0 Å². The fourth-order valence-electron chi connectivity index (χ4n) is 2.39. The molecule has 0 unspecified atom stereocenters. The number of ether oxygens (including phenoxy) is 1. The highest BCUT2D eigenvalue weighted by Crippen LogP contribution is 2.33. The molecule has 5 heteroatoms. The van der Waals surface area contributed by atoms with Crippen LogP contribution >= 0.6 is 11.8 Å². The lowest BCUT2D eigenvalue weighted by Crippen LogP contribution is -2.10. The molecule has 0 bridgehead atoms. The molecule has 0 aliphatic heterocycles. The van der Waals surface area contributed by atoms with E-state index in [1.807, 2.05) is 19.1 Å². The maximum Gasteiger partial charge on any atom is 0.305 e. The number of fused-ring (bicyclic) bond motifs is 1. The van der Waals surface area contributed by atoms with Gasteiger partial charge in [0.25, 0.3) is 0 Å². The summed E-state index contributed by atoms with van der Waals surface area (Å²) in [6.45, 7) is 1.98. The first kappa shape index (κ1) is 18.4. The van der Waals surface area contributed by atoms with E-state index in [4.69, 9.17) is 9.57 Å². The third kappa shape index (κ3) is 5.28. The van der Waals surface area contributed by atoms with Gasteiger partial charge in [-0.15, -0.1) is 0 Å². The lowest BCUT2D eigenvalue weighted by Gasteiger charge is -2.13. The second-order valence-corrected chi connectivity index (χ2v) is 6.56. The van der Waals surface area contributed by atoms with E-state index < -0.39 is 0 Å². The summed E-state index contributed by atoms with van der Waals surface area (Å²) in [5.74, 6) is -0.178. The number of allylic oxidation sites excluding steroid dienone is 2. The van der Waals surface area contributed by atoms with Gasteiger partial charge in [-0.25, -0.2) is 0 Å². The van der Waals surface area contributed by atoms with Crippen molar-refractivity contribution in [2.45, 2.75) is 31.1 Å². The number of benzene rings is 2. The highest BCUT2D eigenvalue weighted by molar-refractivity contribution is 8.03. The van der Waals surface area contributed by atoms with E-state index in [9.17, 15) is 4.79 Å². The summed E-state index contributed by atoms with van der Waals surface area (Å²) in [6.07, 6.45) is 1.94. The molecular formula is C19H23NO3S. The van der Waals surface area contributed by atoms with E-state index in [1.165, 1.54) is 22.8 Å². The molecule has 0 amide bonds. The van der Waals surface area contributed by atoms with E-state index >= 15 is 0 Å². The van der Waals surface area contributed by atoms with Gasteiger partial charge in [-0.1, -0.05) is 42.1 Å². The van der Waals surface area contributed by atoms with Gasteiger partial charge in [0.1, 0.15) is 0 Å². The molecule has 0 saturated heterocycles. The standard InChI is InChI=1S/C19H23NO3S/c1-14(20-23-3)18(9-6-10-19(21)22-2)24-17-12-11-15-7-4-5-8-16(15)13-17/h4-5,7-8,11-13,20H,6,9-10H2,1-3H3. The topological polar surface area (TPSA) is 47.6 Å². The minimum Gasteiger partial charge on any atom is -0.469 e. The number of nitrogens with one attached hydrogen (secondary N) is 1. The van der Waals surface area contributed by atoms with Gasteiger partial charge in [0.2, 0.25) is 0 Å². The Morgan fingerprint density at radius 3 is 2.54 bits per heavy atom. The largest absolute Gasteiger partial charge is 0.469 e. The predicted octanol–water partition coefficient (Wildman–Crippen LogP) is 4.66. The Labute approximate surface area is 147 Å². The summed E-state index contributed by atoms with van der Waals surface area (Å²) in [5, 5.41) is 2.44. The van der Waals surface area contributed by atoms with Crippen molar-refractivity contribution in [3.05, 3.63) is 53.1 Å². The number of carbonyl (C=O) groups excluding carboxylic acids is 1. The molecule has 0 heterocycles. The minimum absolute atomic E-state index is 0.178. The van der Waals surface area contributed by atoms with Crippen molar-refractivity contribution < 1.29 is 14.4 Å². The molecule has 2 aromatic carbocycles. The van der Waals surface area contributed by atoms with Gasteiger partial charge in [-0.2, -0.15) is 0 Å². The van der Waals surface area contributed by atoms with Crippen molar-refractivity contribution in [3.8, 4) is 0 Å². The number of thioether (sulfide) groups is 1. The number of rotatable bonds is 8. The molecule has 1 N–H and O–H groups in total. The van der Waals surface area contributed by atoms with Crippen LogP contribution in [0.1, 0.15) is 26.2 Å². The zero-order chi connectivity index (χ0) is 17.4. The fourth-order valence-corrected chi connectivity index (χ4v) is 3.44. The molecule has 24 heavy (non-hydrogen) atoms. The van der Waals surface area contributed by atoms with Crippen LogP contribution in [0.4, 0.5) is 0 Å². The summed E-state index contributed by atoms with van der Waals surface area (Å²) in [5.41, 5.74) is 3.86. The van der Waals surface area contributed by atoms with E-state index in [2.05, 4.69) is 35.8 Å². The van der Waals surface area contributed by atoms with Gasteiger partial charge in [-0.05, 0) is 42.7 Å². The van der Waals surface area contributed by atoms with Gasteiger partial charge in [0.05, 0.1) is 14.2 Å². The zero-order valence-corrected chi connectivity index (χ0v) is 15.1. The van der Waals surface area contributed by atoms with Gasteiger partial charge < -0.3 is 4.74 Å². The Balaban J connectivity index is 2.13. The molecule has 0 fully saturated rings. The van der Waals surface area contributed by atoms with Crippen LogP contribution in [-0.4, -0.2) is 20.2 Å². The third-order valence-corrected chi connectivity index (χ3v) is 4.89. The second-order valence-electron chi connectivity index (χ2n) is 5.40. The summed E-state index contributed by atoms with van der Waals surface area (Å²) in [6, 6.07) is 14.7. The maximum absolute atomic E-state index is 11.3. The molecule has 2 rings (SSSR count). The number of carbonyl (C=O) groups is 1. The van der Waals surface area contributed by atoms with Gasteiger partial charge in [0, 0.05) is 21.9 Å². The van der Waals surface area contributed by atoms with Crippen LogP contribution in [-0.2, 0) is 14.4 Å². The quantitative estimate of drug-likeness (QED) is 0.428. The van der Waals surface area contributed by atoms with E-state index in [0.29, 0.717) is 6.42 Å². The number of methoxy groups -OCH3 is 1. The lowest BCUT2D eigenvalue weighted by molar-refractivity contribution is -0.140.